The number of nitrogens with zero attached hydrogens (tertiary/aromatic N) is 3. The van der Waals surface area contributed by atoms with Gasteiger partial charge in [0.25, 0.3) is 0 Å². The third kappa shape index (κ3) is 2.45. The van der Waals surface area contributed by atoms with E-state index in [1.165, 1.54) is 18.9 Å². The van der Waals surface area contributed by atoms with Crippen LogP contribution < -0.4 is 4.90 Å². The molecular formula is C12H15BrFN3. The lowest BCUT2D eigenvalue weighted by atomic mass is 10.3. The highest BCUT2D eigenvalue weighted by Gasteiger charge is 2.31. The van der Waals surface area contributed by atoms with E-state index >= 15 is 0 Å². The van der Waals surface area contributed by atoms with Crippen molar-refractivity contribution in [3.8, 4) is 0 Å². The maximum Gasteiger partial charge on any atom is 0.166 e. The standard InChI is InChI=1S/C12H15BrFN3/c13-9-7-11(14)12(15-8-9)17-5-3-16(4-6-17)10-1-2-10/h7-8,10H,1-6H2. The molecule has 2 fully saturated rings. The molecule has 3 rings (SSSR count). The number of hydrogen-bond donors (Lipinski definition) is 0. The number of anilines is 1. The summed E-state index contributed by atoms with van der Waals surface area (Å²) < 4.78 is 14.4. The predicted molar refractivity (Wildman–Crippen MR) is 68.7 cm³/mol. The second-order valence-electron chi connectivity index (χ2n) is 4.71. The molecule has 0 spiro atoms. The molecule has 0 unspecified atom stereocenters. The smallest absolute Gasteiger partial charge is 0.166 e. The number of piperazine rings is 1. The Morgan fingerprint density at radius 1 is 1.24 bits per heavy atom. The topological polar surface area (TPSA) is 19.4 Å². The predicted octanol–water partition coefficient (Wildman–Crippen LogP) is 2.27. The van der Waals surface area contributed by atoms with E-state index in [1.54, 1.807) is 6.20 Å². The summed E-state index contributed by atoms with van der Waals surface area (Å²) in [5, 5.41) is 0. The van der Waals surface area contributed by atoms with Crippen LogP contribution in [-0.4, -0.2) is 42.1 Å². The third-order valence-corrected chi connectivity index (χ3v) is 3.90. The zero-order valence-electron chi connectivity index (χ0n) is 9.57. The molecule has 1 aliphatic heterocycles. The molecule has 0 N–H and O–H groups in total. The average Bonchev–Trinajstić information content (AvgIpc) is 3.13. The minimum Gasteiger partial charge on any atom is -0.352 e. The highest BCUT2D eigenvalue weighted by molar-refractivity contribution is 9.10. The first-order valence-corrected chi connectivity index (χ1v) is 6.83. The number of aromatic nitrogens is 1. The summed E-state index contributed by atoms with van der Waals surface area (Å²) in [6, 6.07) is 2.29. The minimum absolute atomic E-state index is 0.237. The first-order valence-electron chi connectivity index (χ1n) is 6.04. The molecule has 0 aromatic carbocycles. The molecule has 0 amide bonds. The SMILES string of the molecule is Fc1cc(Br)cnc1N1CCN(C2CC2)CC1. The van der Waals surface area contributed by atoms with Crippen molar-refractivity contribution in [1.29, 1.82) is 0 Å². The quantitative estimate of drug-likeness (QED) is 0.835. The van der Waals surface area contributed by atoms with Gasteiger partial charge in [-0.05, 0) is 34.8 Å². The number of pyridine rings is 1. The van der Waals surface area contributed by atoms with Gasteiger partial charge >= 0.3 is 0 Å². The Bertz CT molecular complexity index is 414. The van der Waals surface area contributed by atoms with Crippen molar-refractivity contribution in [2.75, 3.05) is 31.1 Å². The molecule has 3 nitrogen and oxygen atoms in total. The van der Waals surface area contributed by atoms with Crippen LogP contribution in [0.4, 0.5) is 10.2 Å². The Labute approximate surface area is 109 Å². The van der Waals surface area contributed by atoms with Crippen LogP contribution in [0.3, 0.4) is 0 Å². The molecule has 1 aromatic rings. The van der Waals surface area contributed by atoms with E-state index in [2.05, 4.69) is 25.8 Å². The molecule has 17 heavy (non-hydrogen) atoms. The molecule has 1 saturated carbocycles. The summed E-state index contributed by atoms with van der Waals surface area (Å²) in [4.78, 5) is 8.72. The lowest BCUT2D eigenvalue weighted by Gasteiger charge is -2.35. The molecule has 1 aliphatic carbocycles. The van der Waals surface area contributed by atoms with Crippen LogP contribution in [0.2, 0.25) is 0 Å². The fraction of sp³-hybridized carbons (Fsp3) is 0.583. The Hall–Kier alpha value is -0.680. The zero-order valence-corrected chi connectivity index (χ0v) is 11.2. The van der Waals surface area contributed by atoms with Crippen molar-refractivity contribution >= 4 is 21.7 Å². The summed E-state index contributed by atoms with van der Waals surface area (Å²) in [6.07, 6.45) is 4.33. The van der Waals surface area contributed by atoms with E-state index in [9.17, 15) is 4.39 Å². The largest absolute Gasteiger partial charge is 0.352 e. The summed E-state index contributed by atoms with van der Waals surface area (Å²) in [6.45, 7) is 3.81. The van der Waals surface area contributed by atoms with Gasteiger partial charge in [0, 0.05) is 42.9 Å². The van der Waals surface area contributed by atoms with Crippen LogP contribution in [0.5, 0.6) is 0 Å². The third-order valence-electron chi connectivity index (χ3n) is 3.47. The summed E-state index contributed by atoms with van der Waals surface area (Å²) in [5.41, 5.74) is 0. The van der Waals surface area contributed by atoms with E-state index in [-0.39, 0.29) is 5.82 Å². The molecule has 0 bridgehead atoms. The Balaban J connectivity index is 1.68. The number of hydrogen-bond acceptors (Lipinski definition) is 3. The highest BCUT2D eigenvalue weighted by atomic mass is 79.9. The van der Waals surface area contributed by atoms with Gasteiger partial charge in [-0.3, -0.25) is 4.90 Å². The lowest BCUT2D eigenvalue weighted by Crippen LogP contribution is -2.47. The van der Waals surface area contributed by atoms with Crippen molar-refractivity contribution < 1.29 is 4.39 Å². The van der Waals surface area contributed by atoms with Crippen LogP contribution in [-0.2, 0) is 0 Å². The summed E-state index contributed by atoms with van der Waals surface area (Å²) in [5.74, 6) is 0.253. The molecule has 0 radical (unpaired) electrons. The van der Waals surface area contributed by atoms with Gasteiger partial charge in [0.1, 0.15) is 0 Å². The monoisotopic (exact) mass is 299 g/mol. The van der Waals surface area contributed by atoms with E-state index in [4.69, 9.17) is 0 Å². The summed E-state index contributed by atoms with van der Waals surface area (Å²) >= 11 is 3.23. The van der Waals surface area contributed by atoms with Crippen molar-refractivity contribution in [2.24, 2.45) is 0 Å². The van der Waals surface area contributed by atoms with E-state index in [1.807, 2.05) is 4.90 Å². The lowest BCUT2D eigenvalue weighted by molar-refractivity contribution is 0.247. The Morgan fingerprint density at radius 3 is 2.53 bits per heavy atom. The molecule has 5 heteroatoms. The minimum atomic E-state index is -0.237. The maximum absolute atomic E-state index is 13.8. The van der Waals surface area contributed by atoms with Gasteiger partial charge in [0.15, 0.2) is 11.6 Å². The molecular weight excluding hydrogens is 285 g/mol. The van der Waals surface area contributed by atoms with Gasteiger partial charge in [-0.25, -0.2) is 9.37 Å². The van der Waals surface area contributed by atoms with Crippen molar-refractivity contribution in [3.63, 3.8) is 0 Å². The highest BCUT2D eigenvalue weighted by Crippen LogP contribution is 2.28. The van der Waals surface area contributed by atoms with Crippen molar-refractivity contribution in [2.45, 2.75) is 18.9 Å². The average molecular weight is 300 g/mol. The normalized spacial score (nSPS) is 21.9. The first-order chi connectivity index (χ1) is 8.24. The Morgan fingerprint density at radius 2 is 1.94 bits per heavy atom. The van der Waals surface area contributed by atoms with Gasteiger partial charge in [-0.1, -0.05) is 0 Å². The van der Waals surface area contributed by atoms with Gasteiger partial charge in [0.2, 0.25) is 0 Å². The van der Waals surface area contributed by atoms with Crippen LogP contribution in [0.15, 0.2) is 16.7 Å². The molecule has 0 atom stereocenters. The van der Waals surface area contributed by atoms with Crippen molar-refractivity contribution in [1.82, 2.24) is 9.88 Å². The van der Waals surface area contributed by atoms with Crippen molar-refractivity contribution in [3.05, 3.63) is 22.6 Å². The van der Waals surface area contributed by atoms with Gasteiger partial charge in [0.05, 0.1) is 0 Å². The van der Waals surface area contributed by atoms with E-state index in [0.29, 0.717) is 10.3 Å². The van der Waals surface area contributed by atoms with Crippen LogP contribution in [0, 0.1) is 5.82 Å². The van der Waals surface area contributed by atoms with Gasteiger partial charge < -0.3 is 4.90 Å². The molecule has 1 saturated heterocycles. The Kier molecular flexibility index (Phi) is 3.04. The maximum atomic E-state index is 13.8. The van der Waals surface area contributed by atoms with Crippen LogP contribution in [0.1, 0.15) is 12.8 Å². The van der Waals surface area contributed by atoms with Gasteiger partial charge in [-0.15, -0.1) is 0 Å². The first kappa shape index (κ1) is 11.4. The number of halogens is 2. The van der Waals surface area contributed by atoms with Crippen LogP contribution in [0.25, 0.3) is 0 Å². The zero-order chi connectivity index (χ0) is 11.8. The van der Waals surface area contributed by atoms with E-state index in [0.717, 1.165) is 32.2 Å². The fourth-order valence-electron chi connectivity index (χ4n) is 2.38. The molecule has 2 heterocycles. The number of rotatable bonds is 2. The molecule has 1 aromatic heterocycles. The molecule has 2 aliphatic rings. The van der Waals surface area contributed by atoms with Crippen LogP contribution >= 0.6 is 15.9 Å². The molecule has 92 valence electrons. The second kappa shape index (κ2) is 4.53. The fourth-order valence-corrected chi connectivity index (χ4v) is 2.68. The van der Waals surface area contributed by atoms with Gasteiger partial charge in [-0.2, -0.15) is 0 Å². The van der Waals surface area contributed by atoms with E-state index < -0.39 is 0 Å². The second-order valence-corrected chi connectivity index (χ2v) is 5.63. The summed E-state index contributed by atoms with van der Waals surface area (Å²) in [7, 11) is 0.